The number of aromatic nitrogens is 7. The molecular weight excluding hydrogens is 621 g/mol. The molecule has 2 unspecified atom stereocenters. The molecule has 4 saturated carbocycles. The van der Waals surface area contributed by atoms with Crippen molar-refractivity contribution < 1.29 is 9.53 Å². The summed E-state index contributed by atoms with van der Waals surface area (Å²) in [6.45, 7) is 5.07. The molecule has 10 rings (SSSR count). The van der Waals surface area contributed by atoms with Crippen molar-refractivity contribution in [2.75, 3.05) is 12.4 Å². The number of para-hydroxylation sites is 1. The van der Waals surface area contributed by atoms with Gasteiger partial charge in [0, 0.05) is 29.6 Å². The van der Waals surface area contributed by atoms with Crippen LogP contribution in [0.4, 0.5) is 10.9 Å². The molecule has 2 atom stereocenters. The number of fused-ring (bicyclic) bond motifs is 3. The maximum atomic E-state index is 13.4. The third-order valence-corrected chi connectivity index (χ3v) is 12.1. The Bertz CT molecular complexity index is 2170. The van der Waals surface area contributed by atoms with Gasteiger partial charge in [-0.1, -0.05) is 36.3 Å². The quantitative estimate of drug-likeness (QED) is 0.172. The van der Waals surface area contributed by atoms with Gasteiger partial charge in [-0.25, -0.2) is 14.8 Å². The monoisotopic (exact) mass is 658 g/mol. The number of methoxy groups -OCH3 is 1. The van der Waals surface area contributed by atoms with E-state index in [1.807, 2.05) is 54.0 Å². The number of carbonyl (C=O) groups excluding carboxylic acids is 1. The van der Waals surface area contributed by atoms with Crippen molar-refractivity contribution in [2.24, 2.45) is 23.2 Å². The predicted molar refractivity (Wildman–Crippen MR) is 186 cm³/mol. The molecule has 4 aliphatic carbocycles. The average Bonchev–Trinajstić information content (AvgIpc) is 3.74. The standard InChI is InChI=1S/C37H38N8O2S/c1-21-12-31(41-36-40-28-6-4-5-7-30(28)48-36)42-43-33(21)29-19-38-34-32(35(46)47-3)26(10-11-44(29)34)27-18-39-45(22(27)2)20-37-15-23-8-9-24(16-37)14-25(13-23)17-37/h4-7,10-12,18-19,23-25H,8-9,13-17,20H2,1-3H3,(H,40,41,42). The SMILES string of the molecule is COC(=O)c1c(-c2cnn(CC34CC5CCC(CC(C5)C3)C4)c2C)ccn2c(-c3nnc(Nc4nc5ccccc5s4)cc3C)cnc12. The van der Waals surface area contributed by atoms with Crippen LogP contribution in [-0.2, 0) is 11.3 Å². The van der Waals surface area contributed by atoms with Crippen molar-refractivity contribution in [3.63, 3.8) is 0 Å². The Hall–Kier alpha value is -4.64. The zero-order chi connectivity index (χ0) is 32.6. The van der Waals surface area contributed by atoms with E-state index in [1.54, 1.807) is 17.5 Å². The van der Waals surface area contributed by atoms with E-state index < -0.39 is 5.97 Å². The molecule has 6 aromatic rings. The molecule has 4 bridgehead atoms. The first-order valence-electron chi connectivity index (χ1n) is 16.9. The van der Waals surface area contributed by atoms with E-state index in [-0.39, 0.29) is 0 Å². The minimum absolute atomic E-state index is 0.340. The first-order chi connectivity index (χ1) is 23.4. The van der Waals surface area contributed by atoms with E-state index >= 15 is 0 Å². The number of thiazole rings is 1. The number of nitrogens with zero attached hydrogens (tertiary/aromatic N) is 7. The summed E-state index contributed by atoms with van der Waals surface area (Å²) in [5.74, 6) is 2.79. The second kappa shape index (κ2) is 11.2. The number of imidazole rings is 1. The summed E-state index contributed by atoms with van der Waals surface area (Å²) in [5, 5.41) is 18.0. The van der Waals surface area contributed by atoms with Crippen molar-refractivity contribution >= 4 is 44.1 Å². The second-order valence-electron chi connectivity index (χ2n) is 14.4. The summed E-state index contributed by atoms with van der Waals surface area (Å²) >= 11 is 1.57. The molecule has 4 fully saturated rings. The summed E-state index contributed by atoms with van der Waals surface area (Å²) in [5.41, 5.74) is 7.32. The smallest absolute Gasteiger partial charge is 0.342 e. The van der Waals surface area contributed by atoms with Gasteiger partial charge in [0.05, 0.1) is 35.4 Å². The maximum absolute atomic E-state index is 13.4. The van der Waals surface area contributed by atoms with Crippen LogP contribution >= 0.6 is 11.3 Å². The van der Waals surface area contributed by atoms with Crippen LogP contribution in [0.25, 0.3) is 38.4 Å². The highest BCUT2D eigenvalue weighted by molar-refractivity contribution is 7.22. The zero-order valence-electron chi connectivity index (χ0n) is 27.4. The van der Waals surface area contributed by atoms with Gasteiger partial charge in [-0.2, -0.15) is 5.10 Å². The molecule has 48 heavy (non-hydrogen) atoms. The molecule has 4 aliphatic rings. The predicted octanol–water partition coefficient (Wildman–Crippen LogP) is 8.02. The fourth-order valence-corrected chi connectivity index (χ4v) is 10.2. The van der Waals surface area contributed by atoms with Gasteiger partial charge in [0.2, 0.25) is 0 Å². The Morgan fingerprint density at radius 1 is 1.02 bits per heavy atom. The normalized spacial score (nSPS) is 23.2. The fraction of sp³-hybridized carbons (Fsp3) is 0.405. The first kappa shape index (κ1) is 29.5. The van der Waals surface area contributed by atoms with Crippen molar-refractivity contribution in [2.45, 2.75) is 65.3 Å². The lowest BCUT2D eigenvalue weighted by Crippen LogP contribution is -2.40. The van der Waals surface area contributed by atoms with Gasteiger partial charge in [-0.05, 0) is 98.9 Å². The number of pyridine rings is 1. The molecule has 0 aliphatic heterocycles. The van der Waals surface area contributed by atoms with Crippen LogP contribution in [-0.4, -0.2) is 47.4 Å². The minimum Gasteiger partial charge on any atom is -0.465 e. The van der Waals surface area contributed by atoms with E-state index in [0.717, 1.165) is 67.7 Å². The van der Waals surface area contributed by atoms with E-state index in [2.05, 4.69) is 38.2 Å². The Morgan fingerprint density at radius 2 is 1.81 bits per heavy atom. The number of benzene rings is 1. The van der Waals surface area contributed by atoms with E-state index in [0.29, 0.717) is 28.1 Å². The number of hydrogen-bond donors (Lipinski definition) is 1. The lowest BCUT2D eigenvalue weighted by molar-refractivity contribution is 0.0169. The third kappa shape index (κ3) is 4.89. The van der Waals surface area contributed by atoms with Crippen LogP contribution in [0.3, 0.4) is 0 Å². The highest BCUT2D eigenvalue weighted by atomic mass is 32.1. The Morgan fingerprint density at radius 3 is 2.58 bits per heavy atom. The Kier molecular flexibility index (Phi) is 6.90. The van der Waals surface area contributed by atoms with Gasteiger partial charge in [-0.15, -0.1) is 10.2 Å². The van der Waals surface area contributed by atoms with Crippen LogP contribution < -0.4 is 5.32 Å². The highest BCUT2D eigenvalue weighted by Crippen LogP contribution is 2.58. The third-order valence-electron chi connectivity index (χ3n) is 11.2. The van der Waals surface area contributed by atoms with Crippen LogP contribution in [0, 0.1) is 37.0 Å². The first-order valence-corrected chi connectivity index (χ1v) is 17.8. The zero-order valence-corrected chi connectivity index (χ0v) is 28.3. The number of nitrogens with one attached hydrogen (secondary N) is 1. The maximum Gasteiger partial charge on any atom is 0.342 e. The molecule has 244 valence electrons. The van der Waals surface area contributed by atoms with Crippen molar-refractivity contribution in [3.8, 4) is 22.5 Å². The van der Waals surface area contributed by atoms with Crippen LogP contribution in [0.2, 0.25) is 0 Å². The number of carbonyl (C=O) groups is 1. The number of rotatable bonds is 7. The largest absolute Gasteiger partial charge is 0.465 e. The van der Waals surface area contributed by atoms with Gasteiger partial charge in [-0.3, -0.25) is 9.08 Å². The number of aryl methyl sites for hydroxylation is 1. The molecular formula is C37H38N8O2S. The summed E-state index contributed by atoms with van der Waals surface area (Å²) < 4.78 is 10.5. The Balaban J connectivity index is 1.04. The molecule has 0 saturated heterocycles. The van der Waals surface area contributed by atoms with Gasteiger partial charge in [0.25, 0.3) is 0 Å². The summed E-state index contributed by atoms with van der Waals surface area (Å²) in [6.07, 6.45) is 15.2. The summed E-state index contributed by atoms with van der Waals surface area (Å²) in [7, 11) is 1.42. The molecule has 0 spiro atoms. The highest BCUT2D eigenvalue weighted by Gasteiger charge is 2.48. The molecule has 1 aromatic carbocycles. The molecule has 5 heterocycles. The molecule has 0 amide bonds. The number of hydrogen-bond acceptors (Lipinski definition) is 9. The Labute approximate surface area is 282 Å². The van der Waals surface area contributed by atoms with Gasteiger partial charge in [0.1, 0.15) is 11.3 Å². The van der Waals surface area contributed by atoms with Gasteiger partial charge >= 0.3 is 5.97 Å². The number of anilines is 2. The minimum atomic E-state index is -0.435. The average molecular weight is 659 g/mol. The van der Waals surface area contributed by atoms with E-state index in [9.17, 15) is 4.79 Å². The van der Waals surface area contributed by atoms with Crippen LogP contribution in [0.15, 0.2) is 55.0 Å². The summed E-state index contributed by atoms with van der Waals surface area (Å²) in [4.78, 5) is 22.8. The van der Waals surface area contributed by atoms with E-state index in [1.165, 1.54) is 52.1 Å². The molecule has 5 aromatic heterocycles. The van der Waals surface area contributed by atoms with Crippen molar-refractivity contribution in [1.29, 1.82) is 0 Å². The number of esters is 1. The fourth-order valence-electron chi connectivity index (χ4n) is 9.34. The second-order valence-corrected chi connectivity index (χ2v) is 15.4. The van der Waals surface area contributed by atoms with Crippen LogP contribution in [0.1, 0.15) is 66.6 Å². The summed E-state index contributed by atoms with van der Waals surface area (Å²) in [6, 6.07) is 12.0. The van der Waals surface area contributed by atoms with Gasteiger partial charge in [0.15, 0.2) is 16.6 Å². The number of ether oxygens (including phenoxy) is 1. The van der Waals surface area contributed by atoms with Crippen molar-refractivity contribution in [1.82, 2.24) is 34.3 Å². The molecule has 0 radical (unpaired) electrons. The van der Waals surface area contributed by atoms with Crippen LogP contribution in [0.5, 0.6) is 0 Å². The molecule has 10 nitrogen and oxygen atoms in total. The lowest BCUT2D eigenvalue weighted by Gasteiger charge is -2.48. The molecule has 1 N–H and O–H groups in total. The lowest BCUT2D eigenvalue weighted by atomic mass is 9.58. The van der Waals surface area contributed by atoms with E-state index in [4.69, 9.17) is 14.8 Å². The van der Waals surface area contributed by atoms with Gasteiger partial charge < -0.3 is 10.1 Å². The topological polar surface area (TPSA) is 112 Å². The molecule has 11 heteroatoms. The van der Waals surface area contributed by atoms with Crippen molar-refractivity contribution in [3.05, 3.63) is 71.8 Å².